The number of hydrogen-bond acceptors (Lipinski definition) is 12. The lowest BCUT2D eigenvalue weighted by Gasteiger charge is -2.29. The van der Waals surface area contributed by atoms with Gasteiger partial charge in [-0.3, -0.25) is 9.59 Å². The second kappa shape index (κ2) is 19.8. The lowest BCUT2D eigenvalue weighted by molar-refractivity contribution is -0.151. The van der Waals surface area contributed by atoms with E-state index in [4.69, 9.17) is 31.4 Å². The van der Waals surface area contributed by atoms with Crippen molar-refractivity contribution in [1.82, 2.24) is 15.5 Å². The third kappa shape index (κ3) is 16.4. The van der Waals surface area contributed by atoms with Crippen molar-refractivity contribution in [1.29, 1.82) is 0 Å². The maximum atomic E-state index is 12.6. The highest BCUT2D eigenvalue weighted by Crippen LogP contribution is 2.14. The number of unbranched alkanes of at least 4 members (excludes halogenated alkanes) is 2. The average Bonchev–Trinajstić information content (AvgIpc) is 2.84. The van der Waals surface area contributed by atoms with Gasteiger partial charge in [-0.1, -0.05) is 0 Å². The molecule has 0 spiro atoms. The summed E-state index contributed by atoms with van der Waals surface area (Å²) in [5.41, 5.74) is 10.3. The molecule has 0 aliphatic carbocycles. The van der Waals surface area contributed by atoms with Crippen LogP contribution in [0, 0.1) is 0 Å². The van der Waals surface area contributed by atoms with Crippen LogP contribution in [0.25, 0.3) is 0 Å². The molecule has 0 bridgehead atoms. The molecule has 13 heteroatoms. The molecule has 0 aromatic carbocycles. The lowest BCUT2D eigenvalue weighted by atomic mass is 9.94. The Hall–Kier alpha value is -2.32. The van der Waals surface area contributed by atoms with E-state index in [0.29, 0.717) is 39.1 Å². The first kappa shape index (κ1) is 33.7. The van der Waals surface area contributed by atoms with E-state index in [1.807, 2.05) is 0 Å². The Balaban J connectivity index is 3.98. The number of amides is 1. The molecule has 0 fully saturated rings. The minimum Gasteiger partial charge on any atom is -0.462 e. The maximum Gasteiger partial charge on any atom is 0.325 e. The predicted molar refractivity (Wildman–Crippen MR) is 139 cm³/mol. The predicted octanol–water partition coefficient (Wildman–Crippen LogP) is -0.121. The zero-order chi connectivity index (χ0) is 27.3. The number of nitrogens with one attached hydrogen (secondary N) is 2. The molecule has 2 atom stereocenters. The number of hydrogen-bond donors (Lipinski definition) is 6. The van der Waals surface area contributed by atoms with Crippen LogP contribution in [0.5, 0.6) is 0 Å². The van der Waals surface area contributed by atoms with E-state index < -0.39 is 17.0 Å². The molecule has 2 unspecified atom stereocenters. The van der Waals surface area contributed by atoms with Crippen LogP contribution >= 0.6 is 0 Å². The summed E-state index contributed by atoms with van der Waals surface area (Å²) in [7, 11) is 1.68. The molecule has 210 valence electrons. The van der Waals surface area contributed by atoms with Crippen LogP contribution in [0.3, 0.4) is 0 Å². The molecular weight excluding hydrogens is 470 g/mol. The number of nitrogens with two attached hydrogens (primary N) is 2. The normalized spacial score (nSPS) is 15.1. The summed E-state index contributed by atoms with van der Waals surface area (Å²) in [4.78, 5) is 26.4. The smallest absolute Gasteiger partial charge is 0.325 e. The first-order valence-electron chi connectivity index (χ1n) is 12.4. The number of likely N-dealkylation sites (N-methyl/N-ethyl adjacent to an activating group) is 1. The Kier molecular flexibility index (Phi) is 18.5. The summed E-state index contributed by atoms with van der Waals surface area (Å²) in [6.07, 6.45) is 6.99. The van der Waals surface area contributed by atoms with Crippen molar-refractivity contribution in [2.45, 2.75) is 63.5 Å². The van der Waals surface area contributed by atoms with Crippen molar-refractivity contribution in [3.8, 4) is 0 Å². The number of esters is 1. The van der Waals surface area contributed by atoms with Gasteiger partial charge in [0.05, 0.1) is 31.2 Å². The van der Waals surface area contributed by atoms with E-state index in [-0.39, 0.29) is 19.1 Å². The van der Waals surface area contributed by atoms with Crippen LogP contribution in [0.15, 0.2) is 10.3 Å². The second-order valence-corrected chi connectivity index (χ2v) is 9.23. The Morgan fingerprint density at radius 2 is 1.42 bits per heavy atom. The average molecular weight is 518 g/mol. The van der Waals surface area contributed by atoms with Gasteiger partial charge in [-0.05, 0) is 65.5 Å². The molecule has 0 aromatic rings. The molecule has 0 saturated carbocycles. The van der Waals surface area contributed by atoms with Crippen molar-refractivity contribution in [3.05, 3.63) is 0 Å². The topological polar surface area (TPSA) is 197 Å². The highest BCUT2D eigenvalue weighted by Gasteiger charge is 2.31. The van der Waals surface area contributed by atoms with E-state index in [1.54, 1.807) is 25.8 Å². The van der Waals surface area contributed by atoms with Gasteiger partial charge >= 0.3 is 5.97 Å². The number of nitrogens with zero attached hydrogens (tertiary/aromatic N) is 3. The van der Waals surface area contributed by atoms with Gasteiger partial charge in [0.1, 0.15) is 12.1 Å². The minimum atomic E-state index is -1.07. The molecular formula is C23H47N7O6. The third-order valence-corrected chi connectivity index (χ3v) is 5.57. The van der Waals surface area contributed by atoms with Crippen LogP contribution in [0.4, 0.5) is 0 Å². The van der Waals surface area contributed by atoms with Gasteiger partial charge in [0, 0.05) is 26.7 Å². The Labute approximate surface area is 214 Å². The van der Waals surface area contributed by atoms with E-state index in [0.717, 1.165) is 38.8 Å². The molecule has 0 heterocycles. The number of carbonyl (C=O) groups excluding carboxylic acids is 2. The summed E-state index contributed by atoms with van der Waals surface area (Å²) < 4.78 is 10.7. The molecule has 0 rings (SSSR count). The van der Waals surface area contributed by atoms with Gasteiger partial charge in [0.15, 0.2) is 0 Å². The van der Waals surface area contributed by atoms with Crippen molar-refractivity contribution >= 4 is 24.3 Å². The molecule has 13 nitrogen and oxygen atoms in total. The standard InChI is InChI=1S/C23H47N7O6/c1-22(24,8-4-6-10-26-12-14-28-33)20(31)30(3)16-17-35-18-19-36-21(32)23(2,25)9-5-7-11-27-13-15-29-34/h14-15,26-27,33-34H,4-13,16-19,24-25H2,1-3H3. The van der Waals surface area contributed by atoms with Gasteiger partial charge in [0.25, 0.3) is 0 Å². The summed E-state index contributed by atoms with van der Waals surface area (Å²) in [5.74, 6) is -0.636. The first-order chi connectivity index (χ1) is 17.1. The molecule has 1 amide bonds. The van der Waals surface area contributed by atoms with Crippen LogP contribution in [0.1, 0.15) is 52.4 Å². The van der Waals surface area contributed by atoms with Crippen molar-refractivity contribution in [3.63, 3.8) is 0 Å². The SMILES string of the molecule is CN(CCOCCOC(=O)C(C)(N)CCCCNCC=NO)C(=O)C(C)(N)CCCCNCC=NO. The third-order valence-electron chi connectivity index (χ3n) is 5.57. The van der Waals surface area contributed by atoms with Gasteiger partial charge in [-0.15, -0.1) is 10.3 Å². The molecule has 0 aliphatic heterocycles. The summed E-state index contributed by atoms with van der Waals surface area (Å²) >= 11 is 0. The van der Waals surface area contributed by atoms with E-state index in [1.165, 1.54) is 12.4 Å². The fourth-order valence-corrected chi connectivity index (χ4v) is 3.31. The van der Waals surface area contributed by atoms with Gasteiger partial charge in [-0.25, -0.2) is 0 Å². The molecule has 0 aliphatic rings. The zero-order valence-corrected chi connectivity index (χ0v) is 22.1. The quantitative estimate of drug-likeness (QED) is 0.0370. The zero-order valence-electron chi connectivity index (χ0n) is 22.1. The Morgan fingerprint density at radius 3 is 1.94 bits per heavy atom. The number of ether oxygens (including phenoxy) is 2. The Bertz CT molecular complexity index is 659. The fraction of sp³-hybridized carbons (Fsp3) is 0.826. The van der Waals surface area contributed by atoms with Gasteiger partial charge in [-0.2, -0.15) is 0 Å². The van der Waals surface area contributed by atoms with Crippen LogP contribution in [0.2, 0.25) is 0 Å². The highest BCUT2D eigenvalue weighted by atomic mass is 16.6. The second-order valence-electron chi connectivity index (χ2n) is 9.23. The van der Waals surface area contributed by atoms with Crippen molar-refractivity contribution in [2.75, 3.05) is 59.6 Å². The van der Waals surface area contributed by atoms with Gasteiger partial charge < -0.3 is 46.9 Å². The molecule has 8 N–H and O–H groups in total. The lowest BCUT2D eigenvalue weighted by Crippen LogP contribution is -2.52. The van der Waals surface area contributed by atoms with Crippen molar-refractivity contribution < 1.29 is 29.5 Å². The molecule has 0 saturated heterocycles. The highest BCUT2D eigenvalue weighted by molar-refractivity contribution is 5.85. The van der Waals surface area contributed by atoms with E-state index in [2.05, 4.69) is 20.9 Å². The monoisotopic (exact) mass is 517 g/mol. The van der Waals surface area contributed by atoms with Crippen LogP contribution in [-0.4, -0.2) is 110 Å². The summed E-state index contributed by atoms with van der Waals surface area (Å²) in [6.45, 7) is 6.76. The molecule has 0 radical (unpaired) electrons. The van der Waals surface area contributed by atoms with Gasteiger partial charge in [0.2, 0.25) is 5.91 Å². The molecule has 0 aromatic heterocycles. The van der Waals surface area contributed by atoms with Crippen LogP contribution < -0.4 is 22.1 Å². The number of carbonyl (C=O) groups is 2. The summed E-state index contributed by atoms with van der Waals surface area (Å²) in [6, 6.07) is 0. The number of rotatable bonds is 22. The number of oxime groups is 2. The van der Waals surface area contributed by atoms with E-state index in [9.17, 15) is 9.59 Å². The molecule has 36 heavy (non-hydrogen) atoms. The van der Waals surface area contributed by atoms with Crippen LogP contribution in [-0.2, 0) is 19.1 Å². The minimum absolute atomic E-state index is 0.0815. The summed E-state index contributed by atoms with van der Waals surface area (Å²) in [5, 5.41) is 28.6. The fourth-order valence-electron chi connectivity index (χ4n) is 3.31. The van der Waals surface area contributed by atoms with Crippen molar-refractivity contribution in [2.24, 2.45) is 21.8 Å². The Morgan fingerprint density at radius 1 is 0.889 bits per heavy atom. The first-order valence-corrected chi connectivity index (χ1v) is 12.4. The van der Waals surface area contributed by atoms with E-state index >= 15 is 0 Å². The maximum absolute atomic E-state index is 12.6. The largest absolute Gasteiger partial charge is 0.462 e.